The lowest BCUT2D eigenvalue weighted by molar-refractivity contribution is -0.136. The second-order valence-corrected chi connectivity index (χ2v) is 3.47. The van der Waals surface area contributed by atoms with E-state index in [1.807, 2.05) is 6.92 Å². The molecule has 5 nitrogen and oxygen atoms in total. The first-order valence-corrected chi connectivity index (χ1v) is 4.96. The van der Waals surface area contributed by atoms with Gasteiger partial charge >= 0.3 is 5.97 Å². The van der Waals surface area contributed by atoms with Crippen LogP contribution in [0.25, 0.3) is 0 Å². The number of aromatic nitrogens is 3. The predicted octanol–water partition coefficient (Wildman–Crippen LogP) is 0.934. The van der Waals surface area contributed by atoms with E-state index in [0.29, 0.717) is 10.9 Å². The molecule has 2 N–H and O–H groups in total. The van der Waals surface area contributed by atoms with Crippen LogP contribution in [0.15, 0.2) is 5.16 Å². The second kappa shape index (κ2) is 4.86. The van der Waals surface area contributed by atoms with Gasteiger partial charge in [0.15, 0.2) is 0 Å². The van der Waals surface area contributed by atoms with Crippen molar-refractivity contribution in [3.05, 3.63) is 5.82 Å². The summed E-state index contributed by atoms with van der Waals surface area (Å²) in [6, 6.07) is 0. The van der Waals surface area contributed by atoms with Gasteiger partial charge in [0.05, 0.1) is 6.42 Å². The Bertz CT molecular complexity index is 287. The van der Waals surface area contributed by atoms with Crippen LogP contribution in [0.5, 0.6) is 0 Å². The third-order valence-corrected chi connectivity index (χ3v) is 2.24. The maximum atomic E-state index is 10.2. The molecule has 0 unspecified atom stereocenters. The van der Waals surface area contributed by atoms with Crippen molar-refractivity contribution in [2.24, 2.45) is 0 Å². The maximum absolute atomic E-state index is 10.2. The highest BCUT2D eigenvalue weighted by Gasteiger charge is 2.03. The standard InChI is InChI=1S/C7H11N3O2S/c1-2-5-8-7(10-9-5)13-4-3-6(11)12/h2-4H2,1H3,(H,11,12)(H,8,9,10). The molecule has 0 radical (unpaired) electrons. The van der Waals surface area contributed by atoms with Gasteiger partial charge in [-0.1, -0.05) is 18.7 Å². The van der Waals surface area contributed by atoms with Crippen LogP contribution >= 0.6 is 11.8 Å². The first-order valence-electron chi connectivity index (χ1n) is 3.98. The molecule has 0 saturated heterocycles. The largest absolute Gasteiger partial charge is 0.481 e. The molecule has 13 heavy (non-hydrogen) atoms. The molecular formula is C7H11N3O2S. The zero-order valence-electron chi connectivity index (χ0n) is 7.28. The summed E-state index contributed by atoms with van der Waals surface area (Å²) in [4.78, 5) is 14.3. The minimum absolute atomic E-state index is 0.140. The van der Waals surface area contributed by atoms with E-state index in [4.69, 9.17) is 5.11 Å². The normalized spacial score (nSPS) is 10.2. The van der Waals surface area contributed by atoms with Gasteiger partial charge in [-0.15, -0.1) is 5.10 Å². The highest BCUT2D eigenvalue weighted by atomic mass is 32.2. The number of hydrogen-bond donors (Lipinski definition) is 2. The van der Waals surface area contributed by atoms with Gasteiger partial charge in [0, 0.05) is 12.2 Å². The number of nitrogens with zero attached hydrogens (tertiary/aromatic N) is 2. The van der Waals surface area contributed by atoms with Crippen LogP contribution in [0.3, 0.4) is 0 Å². The minimum atomic E-state index is -0.793. The molecule has 1 aromatic rings. The van der Waals surface area contributed by atoms with Crippen molar-refractivity contribution in [2.45, 2.75) is 24.9 Å². The van der Waals surface area contributed by atoms with Gasteiger partial charge < -0.3 is 5.11 Å². The summed E-state index contributed by atoms with van der Waals surface area (Å²) in [6.45, 7) is 1.98. The van der Waals surface area contributed by atoms with E-state index in [2.05, 4.69) is 15.2 Å². The average Bonchev–Trinajstić information content (AvgIpc) is 2.52. The van der Waals surface area contributed by atoms with Gasteiger partial charge in [0.2, 0.25) is 5.16 Å². The van der Waals surface area contributed by atoms with Crippen LogP contribution in [-0.2, 0) is 11.2 Å². The number of rotatable bonds is 5. The highest BCUT2D eigenvalue weighted by molar-refractivity contribution is 7.99. The summed E-state index contributed by atoms with van der Waals surface area (Å²) in [6.07, 6.45) is 0.952. The molecule has 0 aromatic carbocycles. The van der Waals surface area contributed by atoms with E-state index in [-0.39, 0.29) is 6.42 Å². The van der Waals surface area contributed by atoms with Gasteiger partial charge in [-0.05, 0) is 0 Å². The van der Waals surface area contributed by atoms with Crippen molar-refractivity contribution >= 4 is 17.7 Å². The van der Waals surface area contributed by atoms with Crippen LogP contribution in [0.4, 0.5) is 0 Å². The molecule has 0 amide bonds. The van der Waals surface area contributed by atoms with Crippen molar-refractivity contribution in [1.82, 2.24) is 15.2 Å². The van der Waals surface area contributed by atoms with Crippen LogP contribution < -0.4 is 0 Å². The first-order chi connectivity index (χ1) is 6.22. The Hall–Kier alpha value is -1.04. The molecule has 1 aromatic heterocycles. The van der Waals surface area contributed by atoms with E-state index in [0.717, 1.165) is 12.2 Å². The fourth-order valence-corrected chi connectivity index (χ4v) is 1.47. The number of hydrogen-bond acceptors (Lipinski definition) is 4. The smallest absolute Gasteiger partial charge is 0.304 e. The lowest BCUT2D eigenvalue weighted by Crippen LogP contribution is -1.95. The summed E-state index contributed by atoms with van der Waals surface area (Å²) >= 11 is 1.35. The van der Waals surface area contributed by atoms with E-state index >= 15 is 0 Å². The lowest BCUT2D eigenvalue weighted by Gasteiger charge is -1.90. The lowest BCUT2D eigenvalue weighted by atomic mass is 10.5. The molecule has 72 valence electrons. The number of aliphatic carboxylic acids is 1. The van der Waals surface area contributed by atoms with E-state index in [1.165, 1.54) is 11.8 Å². The van der Waals surface area contributed by atoms with Gasteiger partial charge in [-0.25, -0.2) is 4.98 Å². The van der Waals surface area contributed by atoms with Gasteiger partial charge in [-0.2, -0.15) is 0 Å². The molecule has 6 heteroatoms. The van der Waals surface area contributed by atoms with E-state index in [9.17, 15) is 4.79 Å². The fourth-order valence-electron chi connectivity index (χ4n) is 0.730. The topological polar surface area (TPSA) is 78.9 Å². The Labute approximate surface area is 80.0 Å². The minimum Gasteiger partial charge on any atom is -0.481 e. The van der Waals surface area contributed by atoms with Crippen molar-refractivity contribution in [3.63, 3.8) is 0 Å². The van der Waals surface area contributed by atoms with Crippen LogP contribution in [0.2, 0.25) is 0 Å². The Morgan fingerprint density at radius 3 is 3.00 bits per heavy atom. The number of H-pyrrole nitrogens is 1. The number of aromatic amines is 1. The Morgan fingerprint density at radius 2 is 2.46 bits per heavy atom. The third-order valence-electron chi connectivity index (χ3n) is 1.39. The van der Waals surface area contributed by atoms with Crippen LogP contribution in [0, 0.1) is 0 Å². The first kappa shape index (κ1) is 10.0. The van der Waals surface area contributed by atoms with Crippen LogP contribution in [0.1, 0.15) is 19.2 Å². The fraction of sp³-hybridized carbons (Fsp3) is 0.571. The van der Waals surface area contributed by atoms with Crippen molar-refractivity contribution in [3.8, 4) is 0 Å². The molecule has 0 aliphatic rings. The Morgan fingerprint density at radius 1 is 1.69 bits per heavy atom. The van der Waals surface area contributed by atoms with E-state index in [1.54, 1.807) is 0 Å². The quantitative estimate of drug-likeness (QED) is 0.693. The molecule has 0 bridgehead atoms. The summed E-state index contributed by atoms with van der Waals surface area (Å²) < 4.78 is 0. The summed E-state index contributed by atoms with van der Waals surface area (Å²) in [5.74, 6) is 0.549. The number of thioether (sulfide) groups is 1. The summed E-state index contributed by atoms with van der Waals surface area (Å²) in [7, 11) is 0. The molecule has 0 atom stereocenters. The number of carbonyl (C=O) groups is 1. The molecule has 1 rings (SSSR count). The SMILES string of the molecule is CCc1nc(SCCC(=O)O)n[nH]1. The van der Waals surface area contributed by atoms with Crippen molar-refractivity contribution in [2.75, 3.05) is 5.75 Å². The molecular weight excluding hydrogens is 190 g/mol. The molecule has 0 aliphatic carbocycles. The maximum Gasteiger partial charge on any atom is 0.304 e. The molecule has 0 spiro atoms. The molecule has 0 aliphatic heterocycles. The van der Waals surface area contributed by atoms with Gasteiger partial charge in [-0.3, -0.25) is 9.89 Å². The summed E-state index contributed by atoms with van der Waals surface area (Å²) in [5, 5.41) is 15.7. The van der Waals surface area contributed by atoms with E-state index < -0.39 is 5.97 Å². The highest BCUT2D eigenvalue weighted by Crippen LogP contribution is 2.13. The van der Waals surface area contributed by atoms with Crippen molar-refractivity contribution in [1.29, 1.82) is 0 Å². The monoisotopic (exact) mass is 201 g/mol. The van der Waals surface area contributed by atoms with Gasteiger partial charge in [0.25, 0.3) is 0 Å². The molecule has 0 fully saturated rings. The second-order valence-electron chi connectivity index (χ2n) is 2.41. The Balaban J connectivity index is 2.32. The average molecular weight is 201 g/mol. The predicted molar refractivity (Wildman–Crippen MR) is 48.7 cm³/mol. The van der Waals surface area contributed by atoms with Crippen LogP contribution in [-0.4, -0.2) is 32.0 Å². The third kappa shape index (κ3) is 3.45. The number of aryl methyl sites for hydroxylation is 1. The van der Waals surface area contributed by atoms with Crippen molar-refractivity contribution < 1.29 is 9.90 Å². The number of carboxylic acid groups (broad SMARTS) is 1. The number of carboxylic acids is 1. The zero-order valence-corrected chi connectivity index (χ0v) is 8.10. The van der Waals surface area contributed by atoms with Gasteiger partial charge in [0.1, 0.15) is 5.82 Å². The summed E-state index contributed by atoms with van der Waals surface area (Å²) in [5.41, 5.74) is 0. The molecule has 1 heterocycles. The Kier molecular flexibility index (Phi) is 3.75. The zero-order chi connectivity index (χ0) is 9.68. The molecule has 0 saturated carbocycles. The number of nitrogens with one attached hydrogen (secondary N) is 1.